The van der Waals surface area contributed by atoms with Gasteiger partial charge in [-0.1, -0.05) is 17.7 Å². The summed E-state index contributed by atoms with van der Waals surface area (Å²) in [5, 5.41) is 13.3. The smallest absolute Gasteiger partial charge is 0.341 e. The van der Waals surface area contributed by atoms with Crippen LogP contribution in [0.5, 0.6) is 0 Å². The summed E-state index contributed by atoms with van der Waals surface area (Å²) >= 11 is 5.87. The molecule has 3 heterocycles. The van der Waals surface area contributed by atoms with Gasteiger partial charge in [-0.25, -0.2) is 17.8 Å². The number of sulfone groups is 1. The van der Waals surface area contributed by atoms with Crippen LogP contribution in [0.4, 0.5) is 19.0 Å². The molecule has 9 nitrogen and oxygen atoms in total. The average Bonchev–Trinajstić information content (AvgIpc) is 2.96. The average molecular weight is 620 g/mol. The quantitative estimate of drug-likeness (QED) is 0.303. The van der Waals surface area contributed by atoms with Crippen LogP contribution in [-0.2, 0) is 16.4 Å². The molecule has 5 rings (SSSR count). The monoisotopic (exact) mass is 619 g/mol. The summed E-state index contributed by atoms with van der Waals surface area (Å²) < 4.78 is 65.4. The molecule has 14 heteroatoms. The number of anilines is 1. The van der Waals surface area contributed by atoms with E-state index in [0.717, 1.165) is 18.2 Å². The number of hydrogen-bond acceptors (Lipinski definition) is 8. The molecular weight excluding hydrogens is 595 g/mol. The molecule has 0 saturated carbocycles. The van der Waals surface area contributed by atoms with Gasteiger partial charge in [-0.2, -0.15) is 8.78 Å². The number of rotatable bonds is 7. The van der Waals surface area contributed by atoms with E-state index >= 15 is 4.39 Å². The number of halogens is 4. The molecule has 1 saturated heterocycles. The first-order valence-electron chi connectivity index (χ1n) is 12.8. The lowest BCUT2D eigenvalue weighted by Gasteiger charge is -2.36. The second-order valence-electron chi connectivity index (χ2n) is 10.2. The molecule has 0 unspecified atom stereocenters. The van der Waals surface area contributed by atoms with Crippen molar-refractivity contribution in [2.45, 2.75) is 42.6 Å². The highest BCUT2D eigenvalue weighted by atomic mass is 35.5. The number of carbonyl (C=O) groups is 1. The number of aliphatic hydroxyl groups is 1. The number of nitrogens with zero attached hydrogens (tertiary/aromatic N) is 4. The van der Waals surface area contributed by atoms with Crippen LogP contribution < -0.4 is 10.2 Å². The third kappa shape index (κ3) is 6.18. The minimum Gasteiger partial charge on any atom is -0.390 e. The van der Waals surface area contributed by atoms with Gasteiger partial charge in [0.15, 0.2) is 0 Å². The minimum atomic E-state index is -4.97. The largest absolute Gasteiger partial charge is 0.390 e. The van der Waals surface area contributed by atoms with Gasteiger partial charge in [-0.3, -0.25) is 14.8 Å². The van der Waals surface area contributed by atoms with Crippen molar-refractivity contribution in [1.29, 1.82) is 0 Å². The number of alkyl halides is 2. The highest BCUT2D eigenvalue weighted by molar-refractivity contribution is 7.91. The summed E-state index contributed by atoms with van der Waals surface area (Å²) in [7, 11) is -4.97. The Labute approximate surface area is 244 Å². The molecular formula is C28H25ClF3N5O4S. The van der Waals surface area contributed by atoms with Crippen molar-refractivity contribution in [3.63, 3.8) is 0 Å². The van der Waals surface area contributed by atoms with Gasteiger partial charge >= 0.3 is 5.76 Å². The normalized spacial score (nSPS) is 15.3. The fourth-order valence-corrected chi connectivity index (χ4v) is 5.70. The number of amides is 1. The van der Waals surface area contributed by atoms with Crippen LogP contribution >= 0.6 is 11.6 Å². The van der Waals surface area contributed by atoms with Gasteiger partial charge in [0.05, 0.1) is 40.8 Å². The highest BCUT2D eigenvalue weighted by Gasteiger charge is 2.29. The second kappa shape index (κ2) is 11.5. The topological polar surface area (TPSA) is 125 Å². The Hall–Kier alpha value is -3.81. The first-order chi connectivity index (χ1) is 19.8. The molecule has 1 fully saturated rings. The number of hydrogen-bond donors (Lipinski definition) is 2. The summed E-state index contributed by atoms with van der Waals surface area (Å²) in [6.45, 7) is 2.80. The van der Waals surface area contributed by atoms with Crippen LogP contribution in [0.2, 0.25) is 5.02 Å². The molecule has 4 aromatic rings. The van der Waals surface area contributed by atoms with E-state index in [4.69, 9.17) is 11.6 Å². The second-order valence-corrected chi connectivity index (χ2v) is 12.6. The molecule has 0 bridgehead atoms. The first kappa shape index (κ1) is 29.7. The van der Waals surface area contributed by atoms with E-state index in [1.54, 1.807) is 25.3 Å². The maximum absolute atomic E-state index is 15.8. The van der Waals surface area contributed by atoms with Crippen LogP contribution in [-0.4, -0.2) is 58.8 Å². The van der Waals surface area contributed by atoms with Crippen molar-refractivity contribution in [3.05, 3.63) is 77.1 Å². The van der Waals surface area contributed by atoms with Crippen LogP contribution in [0.25, 0.3) is 22.0 Å². The first-order valence-corrected chi connectivity index (χ1v) is 14.7. The van der Waals surface area contributed by atoms with E-state index in [9.17, 15) is 27.1 Å². The molecule has 1 aliphatic heterocycles. The number of fused-ring (bicyclic) bond motifs is 1. The summed E-state index contributed by atoms with van der Waals surface area (Å²) in [4.78, 5) is 27.0. The molecule has 0 aliphatic carbocycles. The Kier molecular flexibility index (Phi) is 8.10. The SMILES string of the molecule is CC1(O)CCN(c2cncc(-c3ccc4cnc(CNC(=O)c5cc(Cl)cc(S(=O)(=O)C(F)F)c5)cc4c3F)n2)CC1. The number of benzene rings is 2. The number of piperidine rings is 1. The van der Waals surface area contributed by atoms with Crippen molar-refractivity contribution < 1.29 is 31.5 Å². The van der Waals surface area contributed by atoms with E-state index in [-0.39, 0.29) is 33.8 Å². The fourth-order valence-electron chi connectivity index (χ4n) is 4.61. The van der Waals surface area contributed by atoms with Crippen molar-refractivity contribution in [2.24, 2.45) is 0 Å². The predicted octanol–water partition coefficient (Wildman–Crippen LogP) is 4.76. The Morgan fingerprint density at radius 3 is 2.60 bits per heavy atom. The standard InChI is InChI=1S/C28H25ClF3N5O4S/c1-28(39)4-6-37(7-5-28)24-15-33-14-23(36-24)21-3-2-16-12-34-19(11-22(16)25(21)30)13-35-26(38)17-8-18(29)10-20(9-17)42(40,41)27(31)32/h2-3,8-12,14-15,27,39H,4-7,13H2,1H3,(H,35,38). The maximum Gasteiger partial charge on any atom is 0.341 e. The van der Waals surface area contributed by atoms with Crippen molar-refractivity contribution in [1.82, 2.24) is 20.3 Å². The molecule has 1 aliphatic rings. The number of aromatic nitrogens is 3. The van der Waals surface area contributed by atoms with Crippen LogP contribution in [0, 0.1) is 5.82 Å². The van der Waals surface area contributed by atoms with Gasteiger partial charge in [-0.05, 0) is 50.1 Å². The van der Waals surface area contributed by atoms with Crippen molar-refractivity contribution in [2.75, 3.05) is 18.0 Å². The number of pyridine rings is 1. The Balaban J connectivity index is 1.37. The Morgan fingerprint density at radius 1 is 1.14 bits per heavy atom. The number of nitrogens with one attached hydrogen (secondary N) is 1. The van der Waals surface area contributed by atoms with Crippen LogP contribution in [0.1, 0.15) is 35.8 Å². The lowest BCUT2D eigenvalue weighted by Crippen LogP contribution is -2.42. The fraction of sp³-hybridized carbons (Fsp3) is 0.286. The summed E-state index contributed by atoms with van der Waals surface area (Å²) in [6, 6.07) is 7.52. The molecule has 42 heavy (non-hydrogen) atoms. The zero-order valence-electron chi connectivity index (χ0n) is 22.2. The van der Waals surface area contributed by atoms with E-state index in [1.165, 1.54) is 18.5 Å². The van der Waals surface area contributed by atoms with E-state index in [1.807, 2.05) is 4.90 Å². The van der Waals surface area contributed by atoms with E-state index in [0.29, 0.717) is 42.8 Å². The van der Waals surface area contributed by atoms with Crippen molar-refractivity contribution >= 4 is 43.9 Å². The molecule has 1 amide bonds. The lowest BCUT2D eigenvalue weighted by atomic mass is 9.94. The molecule has 0 spiro atoms. The van der Waals surface area contributed by atoms with E-state index in [2.05, 4.69) is 20.3 Å². The van der Waals surface area contributed by atoms with Gasteiger partial charge in [0.25, 0.3) is 5.91 Å². The molecule has 2 aromatic carbocycles. The van der Waals surface area contributed by atoms with Gasteiger partial charge in [0, 0.05) is 46.2 Å². The van der Waals surface area contributed by atoms with E-state index < -0.39 is 37.8 Å². The molecule has 0 radical (unpaired) electrons. The lowest BCUT2D eigenvalue weighted by molar-refractivity contribution is 0.0350. The van der Waals surface area contributed by atoms with Gasteiger partial charge < -0.3 is 15.3 Å². The Morgan fingerprint density at radius 2 is 1.88 bits per heavy atom. The van der Waals surface area contributed by atoms with Gasteiger partial charge in [0.1, 0.15) is 11.6 Å². The van der Waals surface area contributed by atoms with Gasteiger partial charge in [0.2, 0.25) is 9.84 Å². The summed E-state index contributed by atoms with van der Waals surface area (Å²) in [5.41, 5.74) is -0.148. The zero-order valence-corrected chi connectivity index (χ0v) is 23.8. The highest BCUT2D eigenvalue weighted by Crippen LogP contribution is 2.30. The summed E-state index contributed by atoms with van der Waals surface area (Å²) in [6.07, 6.45) is 5.65. The molecule has 0 atom stereocenters. The number of carbonyl (C=O) groups excluding carboxylic acids is 1. The third-order valence-electron chi connectivity index (χ3n) is 7.08. The van der Waals surface area contributed by atoms with Crippen molar-refractivity contribution in [3.8, 4) is 11.3 Å². The predicted molar refractivity (Wildman–Crippen MR) is 151 cm³/mol. The minimum absolute atomic E-state index is 0.171. The molecule has 220 valence electrons. The Bertz CT molecular complexity index is 1780. The van der Waals surface area contributed by atoms with Crippen LogP contribution in [0.15, 0.2) is 59.9 Å². The van der Waals surface area contributed by atoms with Gasteiger partial charge in [-0.15, -0.1) is 0 Å². The molecule has 2 aromatic heterocycles. The zero-order chi connectivity index (χ0) is 30.2. The van der Waals surface area contributed by atoms with Crippen LogP contribution in [0.3, 0.4) is 0 Å². The maximum atomic E-state index is 15.8. The third-order valence-corrected chi connectivity index (χ3v) is 8.66. The summed E-state index contributed by atoms with van der Waals surface area (Å²) in [5.74, 6) is -4.45. The molecule has 2 N–H and O–H groups in total.